The maximum atomic E-state index is 11.7. The van der Waals surface area contributed by atoms with Gasteiger partial charge in [0, 0.05) is 6.42 Å². The minimum Gasteiger partial charge on any atom is -0.466 e. The topological polar surface area (TPSA) is 57.9 Å². The van der Waals surface area contributed by atoms with Gasteiger partial charge in [0.2, 0.25) is 0 Å². The second-order valence-corrected chi connectivity index (χ2v) is 23.2. The SMILES string of the molecule is C[Si](C)(C)O[Si](C)(C)O[Si](C)(C)CCCCCCCCCCC(=O)OCc1ccco1. The highest BCUT2D eigenvalue weighted by atomic mass is 28.5. The molecular weight excluding hydrogens is 441 g/mol. The molecule has 0 unspecified atom stereocenters. The van der Waals surface area contributed by atoms with Crippen LogP contribution in [-0.2, 0) is 24.4 Å². The van der Waals surface area contributed by atoms with E-state index in [1.54, 1.807) is 12.3 Å². The highest BCUT2D eigenvalue weighted by molar-refractivity contribution is 6.87. The molecule has 0 aliphatic heterocycles. The first-order chi connectivity index (χ1) is 14.4. The fourth-order valence-electron chi connectivity index (χ4n) is 3.97. The van der Waals surface area contributed by atoms with E-state index in [1.807, 2.05) is 6.07 Å². The van der Waals surface area contributed by atoms with Crippen molar-refractivity contribution in [2.24, 2.45) is 0 Å². The van der Waals surface area contributed by atoms with Crippen LogP contribution in [0.25, 0.3) is 0 Å². The number of hydrogen-bond acceptors (Lipinski definition) is 5. The number of carbonyl (C=O) groups excluding carboxylic acids is 1. The van der Waals surface area contributed by atoms with Crippen LogP contribution in [0.1, 0.15) is 63.5 Å². The van der Waals surface area contributed by atoms with Crippen molar-refractivity contribution in [2.75, 3.05) is 0 Å². The molecule has 180 valence electrons. The Morgan fingerprint density at radius 1 is 0.839 bits per heavy atom. The Morgan fingerprint density at radius 3 is 1.97 bits per heavy atom. The zero-order chi connectivity index (χ0) is 23.4. The van der Waals surface area contributed by atoms with Crippen molar-refractivity contribution in [1.29, 1.82) is 0 Å². The van der Waals surface area contributed by atoms with E-state index < -0.39 is 25.2 Å². The van der Waals surface area contributed by atoms with Gasteiger partial charge < -0.3 is 17.4 Å². The lowest BCUT2D eigenvalue weighted by molar-refractivity contribution is -0.145. The number of carbonyl (C=O) groups is 1. The summed E-state index contributed by atoms with van der Waals surface area (Å²) in [6, 6.07) is 4.83. The molecule has 0 amide bonds. The lowest BCUT2D eigenvalue weighted by Gasteiger charge is -2.37. The van der Waals surface area contributed by atoms with Crippen molar-refractivity contribution in [3.8, 4) is 0 Å². The molecule has 0 saturated heterocycles. The van der Waals surface area contributed by atoms with Crippen LogP contribution in [-0.4, -0.2) is 31.2 Å². The van der Waals surface area contributed by atoms with Gasteiger partial charge in [-0.2, -0.15) is 0 Å². The van der Waals surface area contributed by atoms with E-state index in [9.17, 15) is 4.79 Å². The summed E-state index contributed by atoms with van der Waals surface area (Å²) >= 11 is 0. The minimum absolute atomic E-state index is 0.133. The van der Waals surface area contributed by atoms with Crippen LogP contribution >= 0.6 is 0 Å². The Morgan fingerprint density at radius 2 is 1.42 bits per heavy atom. The third-order valence-corrected chi connectivity index (χ3v) is 15.1. The molecule has 0 N–H and O–H groups in total. The molecule has 31 heavy (non-hydrogen) atoms. The Labute approximate surface area is 193 Å². The average Bonchev–Trinajstić information content (AvgIpc) is 3.11. The van der Waals surface area contributed by atoms with Gasteiger partial charge in [-0.1, -0.05) is 44.9 Å². The summed E-state index contributed by atoms with van der Waals surface area (Å²) < 4.78 is 23.3. The van der Waals surface area contributed by atoms with E-state index in [0.717, 1.165) is 12.8 Å². The molecule has 1 heterocycles. The molecule has 1 aromatic heterocycles. The molecule has 0 fully saturated rings. The van der Waals surface area contributed by atoms with E-state index >= 15 is 0 Å². The van der Waals surface area contributed by atoms with E-state index in [4.69, 9.17) is 17.4 Å². The second-order valence-electron chi connectivity index (χ2n) is 10.5. The molecule has 1 aromatic rings. The van der Waals surface area contributed by atoms with Gasteiger partial charge >= 0.3 is 14.5 Å². The Balaban J connectivity index is 1.99. The zero-order valence-electron chi connectivity index (χ0n) is 21.1. The van der Waals surface area contributed by atoms with Crippen LogP contribution in [0.5, 0.6) is 0 Å². The number of unbranched alkanes of at least 4 members (excludes halogenated alkanes) is 7. The molecule has 0 aliphatic rings. The Kier molecular flexibility index (Phi) is 12.6. The molecule has 0 spiro atoms. The number of ether oxygens (including phenoxy) is 1. The van der Waals surface area contributed by atoms with E-state index in [2.05, 4.69) is 45.8 Å². The highest BCUT2D eigenvalue weighted by Crippen LogP contribution is 2.24. The van der Waals surface area contributed by atoms with Gasteiger partial charge in [-0.25, -0.2) is 0 Å². The molecule has 0 saturated carbocycles. The van der Waals surface area contributed by atoms with Crippen LogP contribution in [0.2, 0.25) is 51.9 Å². The van der Waals surface area contributed by atoms with Crippen LogP contribution < -0.4 is 0 Å². The summed E-state index contributed by atoms with van der Waals surface area (Å²) in [7, 11) is -5.21. The lowest BCUT2D eigenvalue weighted by Crippen LogP contribution is -2.51. The standard InChI is InChI=1S/C23H46O5Si3/c1-29(2,3)27-31(6,7)28-30(4,5)20-15-13-11-9-8-10-12-14-18-23(24)26-21-22-17-16-19-25-22/h16-17,19H,8-15,18,20-21H2,1-7H3. The van der Waals surface area contributed by atoms with Crippen molar-refractivity contribution in [3.63, 3.8) is 0 Å². The molecule has 0 atom stereocenters. The van der Waals surface area contributed by atoms with Gasteiger partial charge in [-0.3, -0.25) is 4.79 Å². The predicted molar refractivity (Wildman–Crippen MR) is 135 cm³/mol. The highest BCUT2D eigenvalue weighted by Gasteiger charge is 2.37. The second kappa shape index (κ2) is 13.8. The molecule has 0 aromatic carbocycles. The Bertz CT molecular complexity index is 609. The van der Waals surface area contributed by atoms with Gasteiger partial charge in [0.25, 0.3) is 0 Å². The summed E-state index contributed by atoms with van der Waals surface area (Å²) in [4.78, 5) is 11.7. The quantitative estimate of drug-likeness (QED) is 0.129. The molecular formula is C23H46O5Si3. The fraction of sp³-hybridized carbons (Fsp3) is 0.783. The molecule has 0 bridgehead atoms. The molecule has 0 aliphatic carbocycles. The molecule has 1 rings (SSSR count). The first kappa shape index (κ1) is 28.4. The van der Waals surface area contributed by atoms with Crippen molar-refractivity contribution in [3.05, 3.63) is 24.2 Å². The van der Waals surface area contributed by atoms with E-state index in [0.29, 0.717) is 12.2 Å². The average molecular weight is 487 g/mol. The fourth-order valence-corrected chi connectivity index (χ4v) is 17.2. The number of hydrogen-bond donors (Lipinski definition) is 0. The maximum Gasteiger partial charge on any atom is 0.311 e. The van der Waals surface area contributed by atoms with Crippen LogP contribution in [0.4, 0.5) is 0 Å². The first-order valence-electron chi connectivity index (χ1n) is 12.0. The van der Waals surface area contributed by atoms with E-state index in [-0.39, 0.29) is 12.6 Å². The Hall–Kier alpha value is -0.679. The third kappa shape index (κ3) is 15.7. The summed E-state index contributed by atoms with van der Waals surface area (Å²) in [6.45, 7) is 16.1. The van der Waals surface area contributed by atoms with Gasteiger partial charge in [0.15, 0.2) is 16.6 Å². The lowest BCUT2D eigenvalue weighted by atomic mass is 10.1. The monoisotopic (exact) mass is 486 g/mol. The van der Waals surface area contributed by atoms with Gasteiger partial charge in [-0.15, -0.1) is 0 Å². The van der Waals surface area contributed by atoms with Crippen LogP contribution in [0.15, 0.2) is 22.8 Å². The van der Waals surface area contributed by atoms with Gasteiger partial charge in [0.05, 0.1) is 6.26 Å². The summed E-state index contributed by atoms with van der Waals surface area (Å²) in [6.07, 6.45) is 11.7. The van der Waals surface area contributed by atoms with Crippen molar-refractivity contribution < 1.29 is 22.2 Å². The van der Waals surface area contributed by atoms with Crippen molar-refractivity contribution >= 4 is 31.2 Å². The van der Waals surface area contributed by atoms with Crippen molar-refractivity contribution in [1.82, 2.24) is 0 Å². The van der Waals surface area contributed by atoms with Gasteiger partial charge in [0.1, 0.15) is 12.4 Å². The number of esters is 1. The minimum atomic E-state index is -2.01. The smallest absolute Gasteiger partial charge is 0.311 e. The maximum absolute atomic E-state index is 11.7. The first-order valence-corrected chi connectivity index (χ1v) is 21.3. The van der Waals surface area contributed by atoms with Gasteiger partial charge in [-0.05, 0) is 70.4 Å². The zero-order valence-corrected chi connectivity index (χ0v) is 24.1. The normalized spacial score (nSPS) is 12.9. The third-order valence-electron chi connectivity index (χ3n) is 4.94. The molecule has 0 radical (unpaired) electrons. The summed E-state index contributed by atoms with van der Waals surface area (Å²) in [5, 5.41) is 0. The van der Waals surface area contributed by atoms with Crippen LogP contribution in [0.3, 0.4) is 0 Å². The largest absolute Gasteiger partial charge is 0.466 e. The summed E-state index contributed by atoms with van der Waals surface area (Å²) in [5.74, 6) is 0.559. The summed E-state index contributed by atoms with van der Waals surface area (Å²) in [5.41, 5.74) is 0. The predicted octanol–water partition coefficient (Wildman–Crippen LogP) is 7.61. The molecule has 5 nitrogen and oxygen atoms in total. The number of furan rings is 1. The van der Waals surface area contributed by atoms with E-state index in [1.165, 1.54) is 44.6 Å². The van der Waals surface area contributed by atoms with Crippen LogP contribution in [0, 0.1) is 0 Å². The van der Waals surface area contributed by atoms with Crippen molar-refractivity contribution in [2.45, 2.75) is 116 Å². The number of rotatable bonds is 17. The molecule has 8 heteroatoms.